The molecule has 1 aromatic rings. The summed E-state index contributed by atoms with van der Waals surface area (Å²) in [6, 6.07) is 8.44. The number of unbranched alkanes of at least 4 members (excludes halogenated alkanes) is 2. The first-order valence-electron chi connectivity index (χ1n) is 9.89. The zero-order valence-corrected chi connectivity index (χ0v) is 17.7. The molecule has 4 heteroatoms. The zero-order chi connectivity index (χ0) is 18.5. The minimum Gasteiger partial charge on any atom is -0.391 e. The van der Waals surface area contributed by atoms with Gasteiger partial charge < -0.3 is 13.8 Å². The van der Waals surface area contributed by atoms with Gasteiger partial charge in [-0.05, 0) is 45.3 Å². The highest BCUT2D eigenvalue weighted by molar-refractivity contribution is 6.81. The molecule has 0 heterocycles. The van der Waals surface area contributed by atoms with E-state index in [1.807, 2.05) is 6.08 Å². The van der Waals surface area contributed by atoms with E-state index in [0.717, 1.165) is 24.8 Å². The van der Waals surface area contributed by atoms with E-state index in [2.05, 4.69) is 63.4 Å². The molecule has 142 valence electrons. The normalized spacial score (nSPS) is 11.9. The monoisotopic (exact) mass is 363 g/mol. The first-order valence-corrected chi connectivity index (χ1v) is 11.9. The Morgan fingerprint density at radius 1 is 0.960 bits per heavy atom. The van der Waals surface area contributed by atoms with Gasteiger partial charge in [0.1, 0.15) is 0 Å². The lowest BCUT2D eigenvalue weighted by molar-refractivity contribution is 0.169. The van der Waals surface area contributed by atoms with Gasteiger partial charge in [0.15, 0.2) is 0 Å². The summed E-state index contributed by atoms with van der Waals surface area (Å²) < 4.78 is 12.8. The van der Waals surface area contributed by atoms with Crippen LogP contribution in [0.5, 0.6) is 0 Å². The fourth-order valence-corrected chi connectivity index (χ4v) is 6.75. The van der Waals surface area contributed by atoms with Gasteiger partial charge in [-0.25, -0.2) is 0 Å². The Hall–Kier alpha value is -0.943. The van der Waals surface area contributed by atoms with Gasteiger partial charge in [-0.15, -0.1) is 0 Å². The third-order valence-corrected chi connectivity index (χ3v) is 8.08. The topological polar surface area (TPSA) is 21.7 Å². The second-order valence-electron chi connectivity index (χ2n) is 6.39. The average Bonchev–Trinajstić information content (AvgIpc) is 2.64. The number of rotatable bonds is 14. The lowest BCUT2D eigenvalue weighted by Crippen LogP contribution is -2.62. The highest BCUT2D eigenvalue weighted by Gasteiger charge is 2.42. The molecule has 0 N–H and O–H groups in total. The van der Waals surface area contributed by atoms with Crippen molar-refractivity contribution < 1.29 is 8.85 Å². The third kappa shape index (κ3) is 6.70. The van der Waals surface area contributed by atoms with E-state index in [4.69, 9.17) is 8.85 Å². The highest BCUT2D eigenvalue weighted by atomic mass is 28.4. The second kappa shape index (κ2) is 12.4. The van der Waals surface area contributed by atoms with Crippen molar-refractivity contribution in [2.45, 2.75) is 53.4 Å². The average molecular weight is 364 g/mol. The number of hydrogen-bond donors (Lipinski definition) is 0. The van der Waals surface area contributed by atoms with Crippen LogP contribution in [0.1, 0.15) is 58.9 Å². The van der Waals surface area contributed by atoms with Crippen molar-refractivity contribution in [1.82, 2.24) is 4.90 Å². The SMILES string of the molecule is C=Cc1ccccc1[Si](CN(CCCC)CCCC)(OCC)OCC. The van der Waals surface area contributed by atoms with Crippen molar-refractivity contribution in [2.75, 3.05) is 32.5 Å². The van der Waals surface area contributed by atoms with Crippen molar-refractivity contribution in [1.29, 1.82) is 0 Å². The maximum absolute atomic E-state index is 6.42. The third-order valence-electron chi connectivity index (χ3n) is 4.43. The van der Waals surface area contributed by atoms with Gasteiger partial charge in [0.25, 0.3) is 0 Å². The zero-order valence-electron chi connectivity index (χ0n) is 16.7. The summed E-state index contributed by atoms with van der Waals surface area (Å²) in [5.74, 6) is 0. The van der Waals surface area contributed by atoms with E-state index >= 15 is 0 Å². The Morgan fingerprint density at radius 3 is 2.00 bits per heavy atom. The summed E-state index contributed by atoms with van der Waals surface area (Å²) in [6.07, 6.45) is 7.68. The van der Waals surface area contributed by atoms with E-state index in [1.165, 1.54) is 30.9 Å². The lowest BCUT2D eigenvalue weighted by atomic mass is 10.2. The summed E-state index contributed by atoms with van der Waals surface area (Å²) in [6.45, 7) is 16.2. The fraction of sp³-hybridized carbons (Fsp3) is 0.619. The molecule has 0 spiro atoms. The van der Waals surface area contributed by atoms with Gasteiger partial charge in [0, 0.05) is 24.6 Å². The summed E-state index contributed by atoms with van der Waals surface area (Å²) in [5, 5.41) is 1.21. The molecule has 0 unspecified atom stereocenters. The first-order chi connectivity index (χ1) is 12.2. The van der Waals surface area contributed by atoms with Crippen molar-refractivity contribution in [2.24, 2.45) is 0 Å². The quantitative estimate of drug-likeness (QED) is 0.455. The molecule has 0 atom stereocenters. The van der Waals surface area contributed by atoms with E-state index in [9.17, 15) is 0 Å². The fourth-order valence-electron chi connectivity index (χ4n) is 3.19. The molecule has 0 aliphatic heterocycles. The van der Waals surface area contributed by atoms with Crippen LogP contribution in [0.3, 0.4) is 0 Å². The van der Waals surface area contributed by atoms with Crippen LogP contribution in [0.25, 0.3) is 6.08 Å². The molecular weight excluding hydrogens is 326 g/mol. The molecule has 0 saturated carbocycles. The molecule has 0 amide bonds. The van der Waals surface area contributed by atoms with Crippen LogP contribution >= 0.6 is 0 Å². The van der Waals surface area contributed by atoms with Crippen molar-refractivity contribution in [3.05, 3.63) is 36.4 Å². The van der Waals surface area contributed by atoms with E-state index in [1.54, 1.807) is 0 Å². The summed E-state index contributed by atoms with van der Waals surface area (Å²) >= 11 is 0. The van der Waals surface area contributed by atoms with Gasteiger partial charge in [-0.1, -0.05) is 63.6 Å². The Kier molecular flexibility index (Phi) is 11.0. The first kappa shape index (κ1) is 22.1. The van der Waals surface area contributed by atoms with Crippen LogP contribution in [0.2, 0.25) is 0 Å². The largest absolute Gasteiger partial charge is 0.391 e. The van der Waals surface area contributed by atoms with Crippen LogP contribution in [-0.2, 0) is 8.85 Å². The van der Waals surface area contributed by atoms with Gasteiger partial charge in [-0.2, -0.15) is 0 Å². The minimum atomic E-state index is -2.55. The molecule has 0 aromatic heterocycles. The van der Waals surface area contributed by atoms with Crippen molar-refractivity contribution >= 4 is 19.8 Å². The molecular formula is C21H37NO2Si. The molecule has 1 rings (SSSR count). The van der Waals surface area contributed by atoms with Crippen LogP contribution < -0.4 is 5.19 Å². The second-order valence-corrected chi connectivity index (χ2v) is 9.33. The lowest BCUT2D eigenvalue weighted by Gasteiger charge is -2.36. The van der Waals surface area contributed by atoms with Crippen LogP contribution in [-0.4, -0.2) is 45.9 Å². The molecule has 25 heavy (non-hydrogen) atoms. The molecule has 0 bridgehead atoms. The highest BCUT2D eigenvalue weighted by Crippen LogP contribution is 2.16. The van der Waals surface area contributed by atoms with E-state index in [0.29, 0.717) is 13.2 Å². The van der Waals surface area contributed by atoms with Crippen LogP contribution in [0, 0.1) is 0 Å². The number of benzene rings is 1. The minimum absolute atomic E-state index is 0.674. The van der Waals surface area contributed by atoms with Crippen molar-refractivity contribution in [3.8, 4) is 0 Å². The molecule has 0 saturated heterocycles. The van der Waals surface area contributed by atoms with Gasteiger partial charge in [0.2, 0.25) is 0 Å². The predicted octanol–water partition coefficient (Wildman–Crippen LogP) is 4.49. The Morgan fingerprint density at radius 2 is 1.52 bits per heavy atom. The Labute approximate surface area is 156 Å². The smallest absolute Gasteiger partial charge is 0.387 e. The van der Waals surface area contributed by atoms with Gasteiger partial charge in [-0.3, -0.25) is 0 Å². The van der Waals surface area contributed by atoms with E-state index < -0.39 is 8.56 Å². The molecule has 0 aliphatic rings. The molecule has 1 aromatic carbocycles. The molecule has 0 radical (unpaired) electrons. The molecule has 0 aliphatic carbocycles. The van der Waals surface area contributed by atoms with Crippen LogP contribution in [0.4, 0.5) is 0 Å². The number of hydrogen-bond acceptors (Lipinski definition) is 3. The molecule has 3 nitrogen and oxygen atoms in total. The van der Waals surface area contributed by atoms with Gasteiger partial charge in [0.05, 0.1) is 0 Å². The van der Waals surface area contributed by atoms with Crippen LogP contribution in [0.15, 0.2) is 30.8 Å². The van der Waals surface area contributed by atoms with Crippen molar-refractivity contribution in [3.63, 3.8) is 0 Å². The standard InChI is InChI=1S/C21H37NO2Si/c1-6-11-17-22(18-12-7-2)19-25(23-9-4,24-10-5)21-16-14-13-15-20(21)8-3/h8,13-16H,3,6-7,9-12,17-19H2,1-2,4-5H3. The van der Waals surface area contributed by atoms with E-state index in [-0.39, 0.29) is 0 Å². The maximum Gasteiger partial charge on any atom is 0.387 e. The maximum atomic E-state index is 6.42. The number of nitrogens with zero attached hydrogens (tertiary/aromatic N) is 1. The van der Waals surface area contributed by atoms with Gasteiger partial charge >= 0.3 is 8.56 Å². The predicted molar refractivity (Wildman–Crippen MR) is 111 cm³/mol. The Bertz CT molecular complexity index is 479. The summed E-state index contributed by atoms with van der Waals surface area (Å²) in [4.78, 5) is 2.56. The Balaban J connectivity index is 3.21. The summed E-state index contributed by atoms with van der Waals surface area (Å²) in [5.41, 5.74) is 1.14. The molecule has 0 fully saturated rings. The summed E-state index contributed by atoms with van der Waals surface area (Å²) in [7, 11) is -2.55.